The maximum atomic E-state index is 11.1. The molecular formula is C9H17NOS. The highest BCUT2D eigenvalue weighted by Crippen LogP contribution is 2.29. The van der Waals surface area contributed by atoms with Crippen molar-refractivity contribution < 1.29 is 4.79 Å². The molecule has 2 nitrogen and oxygen atoms in total. The van der Waals surface area contributed by atoms with Crippen molar-refractivity contribution in [1.82, 2.24) is 4.90 Å². The minimum atomic E-state index is 0.137. The topological polar surface area (TPSA) is 20.3 Å². The molecule has 0 aromatic rings. The smallest absolute Gasteiger partial charge is 0.232 e. The summed E-state index contributed by atoms with van der Waals surface area (Å²) in [4.78, 5) is 12.9. The molecular weight excluding hydrogens is 170 g/mol. The van der Waals surface area contributed by atoms with Gasteiger partial charge in [0.05, 0.1) is 5.75 Å². The number of rotatable bonds is 4. The molecule has 0 saturated heterocycles. The number of hydrogen-bond donors (Lipinski definition) is 1. The van der Waals surface area contributed by atoms with Crippen LogP contribution in [-0.2, 0) is 4.79 Å². The van der Waals surface area contributed by atoms with Crippen LogP contribution in [0.3, 0.4) is 0 Å². The van der Waals surface area contributed by atoms with Gasteiger partial charge >= 0.3 is 0 Å². The summed E-state index contributed by atoms with van der Waals surface area (Å²) in [6.07, 6.45) is 5.29. The van der Waals surface area contributed by atoms with Crippen LogP contribution in [0.5, 0.6) is 0 Å². The highest BCUT2D eigenvalue weighted by atomic mass is 32.1. The van der Waals surface area contributed by atoms with Crippen LogP contribution in [0.25, 0.3) is 0 Å². The Hall–Kier alpha value is -0.180. The minimum Gasteiger partial charge on any atom is -0.345 e. The molecule has 0 aromatic heterocycles. The van der Waals surface area contributed by atoms with Gasteiger partial charge in [-0.25, -0.2) is 0 Å². The first kappa shape index (κ1) is 9.90. The second-order valence-electron chi connectivity index (χ2n) is 3.56. The van der Waals surface area contributed by atoms with Crippen molar-refractivity contribution in [2.45, 2.75) is 25.7 Å². The van der Waals surface area contributed by atoms with E-state index in [9.17, 15) is 4.79 Å². The van der Waals surface area contributed by atoms with E-state index in [0.717, 1.165) is 12.5 Å². The van der Waals surface area contributed by atoms with Crippen molar-refractivity contribution in [2.75, 3.05) is 19.3 Å². The van der Waals surface area contributed by atoms with Crippen LogP contribution in [0, 0.1) is 5.92 Å². The molecule has 1 saturated carbocycles. The van der Waals surface area contributed by atoms with Gasteiger partial charge in [-0.15, -0.1) is 0 Å². The Labute approximate surface area is 79.7 Å². The average molecular weight is 187 g/mol. The summed E-state index contributed by atoms with van der Waals surface area (Å²) in [5.74, 6) is 1.36. The lowest BCUT2D eigenvalue weighted by atomic mass is 9.83. The summed E-state index contributed by atoms with van der Waals surface area (Å²) < 4.78 is 0. The molecule has 0 heterocycles. The second kappa shape index (κ2) is 4.75. The van der Waals surface area contributed by atoms with Crippen LogP contribution in [0.1, 0.15) is 25.7 Å². The van der Waals surface area contributed by atoms with E-state index in [2.05, 4.69) is 12.6 Å². The Morgan fingerprint density at radius 1 is 1.58 bits per heavy atom. The first-order valence-electron chi connectivity index (χ1n) is 4.59. The molecule has 0 aliphatic heterocycles. The monoisotopic (exact) mass is 187 g/mol. The maximum Gasteiger partial charge on any atom is 0.232 e. The zero-order valence-corrected chi connectivity index (χ0v) is 8.52. The van der Waals surface area contributed by atoms with E-state index in [1.807, 2.05) is 7.05 Å². The summed E-state index contributed by atoms with van der Waals surface area (Å²) in [5.41, 5.74) is 0. The van der Waals surface area contributed by atoms with Crippen molar-refractivity contribution in [3.63, 3.8) is 0 Å². The molecule has 1 amide bonds. The highest BCUT2D eigenvalue weighted by molar-refractivity contribution is 7.81. The summed E-state index contributed by atoms with van der Waals surface area (Å²) in [6.45, 7) is 0.907. The predicted octanol–water partition coefficient (Wildman–Crippen LogP) is 1.56. The van der Waals surface area contributed by atoms with Crippen molar-refractivity contribution in [1.29, 1.82) is 0 Å². The second-order valence-corrected chi connectivity index (χ2v) is 3.88. The zero-order chi connectivity index (χ0) is 8.97. The first-order valence-corrected chi connectivity index (χ1v) is 5.22. The molecule has 0 unspecified atom stereocenters. The van der Waals surface area contributed by atoms with E-state index in [1.165, 1.54) is 25.7 Å². The maximum absolute atomic E-state index is 11.1. The van der Waals surface area contributed by atoms with Gasteiger partial charge in [0.25, 0.3) is 0 Å². The van der Waals surface area contributed by atoms with Crippen molar-refractivity contribution in [3.8, 4) is 0 Å². The van der Waals surface area contributed by atoms with Crippen LogP contribution < -0.4 is 0 Å². The predicted molar refractivity (Wildman–Crippen MR) is 53.4 cm³/mol. The molecule has 1 aliphatic carbocycles. The molecule has 1 rings (SSSR count). The highest BCUT2D eigenvalue weighted by Gasteiger charge is 2.18. The quantitative estimate of drug-likeness (QED) is 0.662. The Kier molecular flexibility index (Phi) is 3.92. The van der Waals surface area contributed by atoms with Gasteiger partial charge in [-0.2, -0.15) is 12.6 Å². The molecule has 3 heteroatoms. The number of carbonyl (C=O) groups excluding carboxylic acids is 1. The summed E-state index contributed by atoms with van der Waals surface area (Å²) >= 11 is 3.95. The number of nitrogens with zero attached hydrogens (tertiary/aromatic N) is 1. The molecule has 1 fully saturated rings. The Bertz CT molecular complexity index is 157. The van der Waals surface area contributed by atoms with Crippen LogP contribution in [0.15, 0.2) is 0 Å². The molecule has 0 aromatic carbocycles. The Morgan fingerprint density at radius 2 is 2.25 bits per heavy atom. The summed E-state index contributed by atoms with van der Waals surface area (Å²) in [7, 11) is 1.86. The third kappa shape index (κ3) is 2.70. The SMILES string of the molecule is CN(CCC1CCC1)C(=O)CS. The third-order valence-corrected chi connectivity index (χ3v) is 2.93. The molecule has 0 spiro atoms. The van der Waals surface area contributed by atoms with Gasteiger partial charge in [0.1, 0.15) is 0 Å². The average Bonchev–Trinajstić information content (AvgIpc) is 2.00. The van der Waals surface area contributed by atoms with Gasteiger partial charge in [-0.3, -0.25) is 4.79 Å². The van der Waals surface area contributed by atoms with E-state index in [0.29, 0.717) is 5.75 Å². The fourth-order valence-electron chi connectivity index (χ4n) is 1.40. The third-order valence-electron chi connectivity index (χ3n) is 2.66. The van der Waals surface area contributed by atoms with Gasteiger partial charge in [0.2, 0.25) is 5.91 Å². The molecule has 0 atom stereocenters. The molecule has 0 radical (unpaired) electrons. The number of thiol groups is 1. The fraction of sp³-hybridized carbons (Fsp3) is 0.889. The minimum absolute atomic E-state index is 0.137. The summed E-state index contributed by atoms with van der Waals surface area (Å²) in [5, 5.41) is 0. The van der Waals surface area contributed by atoms with Crippen molar-refractivity contribution >= 4 is 18.5 Å². The molecule has 12 heavy (non-hydrogen) atoms. The van der Waals surface area contributed by atoms with E-state index < -0.39 is 0 Å². The number of carbonyl (C=O) groups is 1. The Balaban J connectivity index is 2.08. The lowest BCUT2D eigenvalue weighted by molar-refractivity contribution is -0.127. The van der Waals surface area contributed by atoms with E-state index in [4.69, 9.17) is 0 Å². The Morgan fingerprint density at radius 3 is 2.67 bits per heavy atom. The number of hydrogen-bond acceptors (Lipinski definition) is 2. The largest absolute Gasteiger partial charge is 0.345 e. The zero-order valence-electron chi connectivity index (χ0n) is 7.62. The van der Waals surface area contributed by atoms with Crippen LogP contribution in [0.2, 0.25) is 0 Å². The van der Waals surface area contributed by atoms with Crippen LogP contribution in [-0.4, -0.2) is 30.2 Å². The van der Waals surface area contributed by atoms with Gasteiger partial charge in [-0.05, 0) is 12.3 Å². The van der Waals surface area contributed by atoms with Gasteiger partial charge in [0, 0.05) is 13.6 Å². The summed E-state index contributed by atoms with van der Waals surface area (Å²) in [6, 6.07) is 0. The van der Waals surface area contributed by atoms with E-state index in [-0.39, 0.29) is 5.91 Å². The van der Waals surface area contributed by atoms with Crippen LogP contribution >= 0.6 is 12.6 Å². The molecule has 1 aliphatic rings. The molecule has 70 valence electrons. The van der Waals surface area contributed by atoms with E-state index >= 15 is 0 Å². The fourth-order valence-corrected chi connectivity index (χ4v) is 1.64. The standard InChI is InChI=1S/C9H17NOS/c1-10(9(11)7-12)6-5-8-3-2-4-8/h8,12H,2-7H2,1H3. The number of amides is 1. The van der Waals surface area contributed by atoms with Crippen LogP contribution in [0.4, 0.5) is 0 Å². The van der Waals surface area contributed by atoms with E-state index in [1.54, 1.807) is 4.90 Å². The lowest BCUT2D eigenvalue weighted by Gasteiger charge is -2.27. The van der Waals surface area contributed by atoms with Crippen molar-refractivity contribution in [2.24, 2.45) is 5.92 Å². The molecule has 0 bridgehead atoms. The molecule has 0 N–H and O–H groups in total. The first-order chi connectivity index (χ1) is 5.74. The van der Waals surface area contributed by atoms with Gasteiger partial charge in [-0.1, -0.05) is 19.3 Å². The lowest BCUT2D eigenvalue weighted by Crippen LogP contribution is -2.30. The van der Waals surface area contributed by atoms with Gasteiger partial charge < -0.3 is 4.90 Å². The normalized spacial score (nSPS) is 17.2. The van der Waals surface area contributed by atoms with Gasteiger partial charge in [0.15, 0.2) is 0 Å². The van der Waals surface area contributed by atoms with Crippen molar-refractivity contribution in [3.05, 3.63) is 0 Å².